The van der Waals surface area contributed by atoms with Crippen LogP contribution in [0.1, 0.15) is 33.1 Å². The molecular weight excluding hydrogens is 210 g/mol. The first kappa shape index (κ1) is 12.4. The van der Waals surface area contributed by atoms with Crippen molar-refractivity contribution in [2.24, 2.45) is 0 Å². The summed E-state index contributed by atoms with van der Waals surface area (Å²) < 4.78 is 5.71. The number of hydrogen-bond donors (Lipinski definition) is 0. The van der Waals surface area contributed by atoms with E-state index in [4.69, 9.17) is 4.74 Å². The van der Waals surface area contributed by atoms with E-state index in [-0.39, 0.29) is 0 Å². The van der Waals surface area contributed by atoms with E-state index in [1.165, 1.54) is 12.8 Å². The van der Waals surface area contributed by atoms with Gasteiger partial charge in [-0.1, -0.05) is 18.2 Å². The first-order valence-corrected chi connectivity index (χ1v) is 6.71. The Hall–Kier alpha value is -1.02. The van der Waals surface area contributed by atoms with Gasteiger partial charge in [0.05, 0.1) is 6.61 Å². The summed E-state index contributed by atoms with van der Waals surface area (Å²) in [6.45, 7) is 6.65. The molecule has 1 saturated heterocycles. The van der Waals surface area contributed by atoms with Gasteiger partial charge < -0.3 is 4.74 Å². The van der Waals surface area contributed by atoms with Gasteiger partial charge in [0, 0.05) is 18.6 Å². The molecule has 0 unspecified atom stereocenters. The van der Waals surface area contributed by atoms with Crippen LogP contribution in [0.2, 0.25) is 0 Å². The van der Waals surface area contributed by atoms with Crippen LogP contribution in [0.3, 0.4) is 0 Å². The van der Waals surface area contributed by atoms with Crippen molar-refractivity contribution in [1.29, 1.82) is 0 Å². The molecule has 0 spiro atoms. The highest BCUT2D eigenvalue weighted by Gasteiger charge is 2.26. The van der Waals surface area contributed by atoms with Crippen molar-refractivity contribution in [2.75, 3.05) is 13.2 Å². The van der Waals surface area contributed by atoms with Crippen LogP contribution < -0.4 is 4.74 Å². The third kappa shape index (κ3) is 3.47. The number of likely N-dealkylation sites (tertiary alicyclic amines) is 1. The Bertz CT molecular complexity index is 315. The highest BCUT2D eigenvalue weighted by atomic mass is 16.5. The Morgan fingerprint density at radius 3 is 2.41 bits per heavy atom. The maximum Gasteiger partial charge on any atom is 0.119 e. The van der Waals surface area contributed by atoms with Gasteiger partial charge in [0.2, 0.25) is 0 Å². The fourth-order valence-corrected chi connectivity index (χ4v) is 2.64. The van der Waals surface area contributed by atoms with Crippen molar-refractivity contribution in [3.63, 3.8) is 0 Å². The van der Waals surface area contributed by atoms with Crippen LogP contribution in [0.5, 0.6) is 5.75 Å². The Morgan fingerprint density at radius 1 is 1.12 bits per heavy atom. The van der Waals surface area contributed by atoms with Gasteiger partial charge >= 0.3 is 0 Å². The monoisotopic (exact) mass is 233 g/mol. The number of rotatable bonds is 5. The molecule has 2 atom stereocenters. The fraction of sp³-hybridized carbons (Fsp3) is 0.600. The minimum atomic E-state index is 0.752. The summed E-state index contributed by atoms with van der Waals surface area (Å²) in [6.07, 6.45) is 3.81. The van der Waals surface area contributed by atoms with Crippen molar-refractivity contribution in [1.82, 2.24) is 4.90 Å². The van der Waals surface area contributed by atoms with Crippen LogP contribution in [0.15, 0.2) is 30.3 Å². The van der Waals surface area contributed by atoms with Crippen molar-refractivity contribution < 1.29 is 4.74 Å². The Balaban J connectivity index is 1.66. The molecule has 1 aliphatic rings. The highest BCUT2D eigenvalue weighted by Crippen LogP contribution is 2.23. The molecule has 1 aromatic carbocycles. The van der Waals surface area contributed by atoms with Crippen LogP contribution in [-0.2, 0) is 0 Å². The third-order valence-electron chi connectivity index (χ3n) is 3.71. The zero-order valence-electron chi connectivity index (χ0n) is 10.9. The minimum absolute atomic E-state index is 0.752. The van der Waals surface area contributed by atoms with Crippen molar-refractivity contribution >= 4 is 0 Å². The second kappa shape index (κ2) is 6.06. The van der Waals surface area contributed by atoms with Gasteiger partial charge in [0.25, 0.3) is 0 Å². The van der Waals surface area contributed by atoms with Crippen LogP contribution in [0.25, 0.3) is 0 Å². The van der Waals surface area contributed by atoms with E-state index in [0.717, 1.165) is 37.4 Å². The van der Waals surface area contributed by atoms with Crippen LogP contribution >= 0.6 is 0 Å². The molecule has 0 saturated carbocycles. The highest BCUT2D eigenvalue weighted by molar-refractivity contribution is 5.20. The molecule has 2 heteroatoms. The van der Waals surface area contributed by atoms with Gasteiger partial charge in [-0.25, -0.2) is 0 Å². The summed E-state index contributed by atoms with van der Waals surface area (Å²) in [5.74, 6) is 0.981. The first-order valence-electron chi connectivity index (χ1n) is 6.71. The molecule has 2 nitrogen and oxygen atoms in total. The molecule has 2 rings (SSSR count). The van der Waals surface area contributed by atoms with Gasteiger partial charge in [-0.05, 0) is 45.2 Å². The van der Waals surface area contributed by atoms with Gasteiger partial charge in [-0.3, -0.25) is 4.90 Å². The lowest BCUT2D eigenvalue weighted by atomic mass is 10.2. The Labute approximate surface area is 105 Å². The van der Waals surface area contributed by atoms with Crippen LogP contribution in [0.4, 0.5) is 0 Å². The summed E-state index contributed by atoms with van der Waals surface area (Å²) in [5.41, 5.74) is 0. The molecule has 1 aliphatic heterocycles. The Morgan fingerprint density at radius 2 is 1.76 bits per heavy atom. The molecule has 1 fully saturated rings. The van der Waals surface area contributed by atoms with Crippen LogP contribution in [0, 0.1) is 0 Å². The zero-order valence-corrected chi connectivity index (χ0v) is 10.9. The smallest absolute Gasteiger partial charge is 0.119 e. The molecule has 1 aromatic rings. The predicted molar refractivity (Wildman–Crippen MR) is 71.4 cm³/mol. The molecular formula is C15H23NO. The molecule has 0 N–H and O–H groups in total. The van der Waals surface area contributed by atoms with Crippen molar-refractivity contribution in [2.45, 2.75) is 45.2 Å². The summed E-state index contributed by atoms with van der Waals surface area (Å²) >= 11 is 0. The van der Waals surface area contributed by atoms with Gasteiger partial charge in [-0.15, -0.1) is 0 Å². The summed E-state index contributed by atoms with van der Waals surface area (Å²) in [4.78, 5) is 2.61. The molecule has 17 heavy (non-hydrogen) atoms. The maximum absolute atomic E-state index is 5.71. The average molecular weight is 233 g/mol. The predicted octanol–water partition coefficient (Wildman–Crippen LogP) is 3.33. The zero-order chi connectivity index (χ0) is 12.1. The molecule has 0 aliphatic carbocycles. The molecule has 0 radical (unpaired) electrons. The standard InChI is InChI=1S/C15H23NO/c1-13-9-10-14(2)16(13)11-6-12-17-15-7-4-3-5-8-15/h3-5,7-8,13-14H,6,9-12H2,1-2H3/t13-,14+. The summed E-state index contributed by atoms with van der Waals surface area (Å²) in [6, 6.07) is 11.6. The van der Waals surface area contributed by atoms with Crippen molar-refractivity contribution in [3.05, 3.63) is 30.3 Å². The van der Waals surface area contributed by atoms with Gasteiger partial charge in [-0.2, -0.15) is 0 Å². The molecule has 0 bridgehead atoms. The van der Waals surface area contributed by atoms with E-state index in [1.54, 1.807) is 0 Å². The fourth-order valence-electron chi connectivity index (χ4n) is 2.64. The second-order valence-electron chi connectivity index (χ2n) is 5.03. The number of hydrogen-bond acceptors (Lipinski definition) is 2. The lowest BCUT2D eigenvalue weighted by Gasteiger charge is -2.25. The third-order valence-corrected chi connectivity index (χ3v) is 3.71. The van der Waals surface area contributed by atoms with E-state index < -0.39 is 0 Å². The summed E-state index contributed by atoms with van der Waals surface area (Å²) in [7, 11) is 0. The average Bonchev–Trinajstić information content (AvgIpc) is 2.67. The second-order valence-corrected chi connectivity index (χ2v) is 5.03. The van der Waals surface area contributed by atoms with E-state index in [2.05, 4.69) is 18.7 Å². The van der Waals surface area contributed by atoms with Gasteiger partial charge in [0.15, 0.2) is 0 Å². The number of nitrogens with zero attached hydrogens (tertiary/aromatic N) is 1. The van der Waals surface area contributed by atoms with E-state index in [0.29, 0.717) is 0 Å². The summed E-state index contributed by atoms with van der Waals surface area (Å²) in [5, 5.41) is 0. The lowest BCUT2D eigenvalue weighted by Crippen LogP contribution is -2.34. The van der Waals surface area contributed by atoms with Crippen molar-refractivity contribution in [3.8, 4) is 5.75 Å². The lowest BCUT2D eigenvalue weighted by molar-refractivity contribution is 0.191. The topological polar surface area (TPSA) is 12.5 Å². The van der Waals surface area contributed by atoms with Gasteiger partial charge in [0.1, 0.15) is 5.75 Å². The maximum atomic E-state index is 5.71. The quantitative estimate of drug-likeness (QED) is 0.723. The first-order chi connectivity index (χ1) is 8.27. The largest absolute Gasteiger partial charge is 0.494 e. The molecule has 94 valence electrons. The minimum Gasteiger partial charge on any atom is -0.494 e. The van der Waals surface area contributed by atoms with E-state index in [1.807, 2.05) is 30.3 Å². The van der Waals surface area contributed by atoms with Crippen LogP contribution in [-0.4, -0.2) is 30.1 Å². The number of ether oxygens (including phenoxy) is 1. The molecule has 0 amide bonds. The molecule has 1 heterocycles. The SMILES string of the molecule is C[C@@H]1CC[C@H](C)N1CCCOc1ccccc1. The Kier molecular flexibility index (Phi) is 4.43. The number of para-hydroxylation sites is 1. The normalized spacial score (nSPS) is 25.1. The number of benzene rings is 1. The molecule has 0 aromatic heterocycles. The van der Waals surface area contributed by atoms with E-state index in [9.17, 15) is 0 Å². The van der Waals surface area contributed by atoms with E-state index >= 15 is 0 Å².